The van der Waals surface area contributed by atoms with Gasteiger partial charge >= 0.3 is 11.3 Å². The molecule has 0 spiro atoms. The van der Waals surface area contributed by atoms with Crippen LogP contribution in [0.5, 0.6) is 5.75 Å². The number of hydrogen-bond acceptors (Lipinski definition) is 4. The number of methoxy groups -OCH3 is 1. The quantitative estimate of drug-likeness (QED) is 0.790. The lowest BCUT2D eigenvalue weighted by Crippen LogP contribution is -2.45. The van der Waals surface area contributed by atoms with E-state index in [-0.39, 0.29) is 24.4 Å². The lowest BCUT2D eigenvalue weighted by Gasteiger charge is -2.28. The number of H-pyrrole nitrogens is 1. The number of aromatic nitrogens is 2. The lowest BCUT2D eigenvalue weighted by molar-refractivity contribution is -0.678. The zero-order valence-corrected chi connectivity index (χ0v) is 15.6. The van der Waals surface area contributed by atoms with Gasteiger partial charge in [-0.1, -0.05) is 19.3 Å². The Balaban J connectivity index is 1.59. The van der Waals surface area contributed by atoms with Gasteiger partial charge in [-0.3, -0.25) is 9.32 Å². The minimum Gasteiger partial charge on any atom is -0.497 e. The van der Waals surface area contributed by atoms with Crippen LogP contribution in [-0.2, 0) is 11.3 Å². The van der Waals surface area contributed by atoms with Gasteiger partial charge in [-0.25, -0.2) is 4.79 Å². The van der Waals surface area contributed by atoms with E-state index in [0.29, 0.717) is 5.69 Å². The molecule has 2 aliphatic rings. The first-order valence-electron chi connectivity index (χ1n) is 9.74. The predicted octanol–water partition coefficient (Wildman–Crippen LogP) is 2.32. The van der Waals surface area contributed by atoms with Crippen molar-refractivity contribution in [2.45, 2.75) is 57.5 Å². The molecule has 2 aromatic rings. The summed E-state index contributed by atoms with van der Waals surface area (Å²) in [6.45, 7) is 0.276. The number of aromatic amines is 1. The van der Waals surface area contributed by atoms with E-state index in [2.05, 4.69) is 5.27 Å². The Morgan fingerprint density at radius 3 is 2.52 bits per heavy atom. The average molecular weight is 372 g/mol. The molecule has 2 fully saturated rings. The molecule has 4 rings (SSSR count). The van der Waals surface area contributed by atoms with Gasteiger partial charge in [-0.2, -0.15) is 0 Å². The second-order valence-corrected chi connectivity index (χ2v) is 7.49. The molecule has 7 nitrogen and oxygen atoms in total. The Morgan fingerprint density at radius 2 is 1.89 bits per heavy atom. The minimum atomic E-state index is -0.437. The molecule has 0 atom stereocenters. The van der Waals surface area contributed by atoms with E-state index in [9.17, 15) is 9.59 Å². The molecule has 0 aliphatic heterocycles. The van der Waals surface area contributed by atoms with Gasteiger partial charge in [0.05, 0.1) is 7.11 Å². The molecular formula is C20H26N3O4+. The van der Waals surface area contributed by atoms with Crippen molar-refractivity contribution in [3.63, 3.8) is 0 Å². The molecule has 1 amide bonds. The minimum absolute atomic E-state index is 0.0970. The molecule has 0 saturated heterocycles. The monoisotopic (exact) mass is 372 g/mol. The summed E-state index contributed by atoms with van der Waals surface area (Å²) in [6.07, 6.45) is 7.39. The van der Waals surface area contributed by atoms with Crippen LogP contribution in [0.1, 0.15) is 50.6 Å². The maximum atomic E-state index is 13.1. The first-order chi connectivity index (χ1) is 13.2. The number of hydrogen-bond donors (Lipinski definition) is 1. The van der Waals surface area contributed by atoms with Gasteiger partial charge < -0.3 is 9.64 Å². The average Bonchev–Trinajstić information content (AvgIpc) is 3.50. The Hall–Kier alpha value is -2.57. The topological polar surface area (TPSA) is 79.4 Å². The van der Waals surface area contributed by atoms with Crippen molar-refractivity contribution in [2.24, 2.45) is 5.92 Å². The van der Waals surface area contributed by atoms with Crippen molar-refractivity contribution in [1.82, 2.24) is 10.2 Å². The Kier molecular flexibility index (Phi) is 5.01. The number of rotatable bonds is 6. The van der Waals surface area contributed by atoms with Gasteiger partial charge in [0, 0.05) is 24.1 Å². The van der Waals surface area contributed by atoms with Gasteiger partial charge in [-0.05, 0) is 47.8 Å². The molecule has 2 aliphatic carbocycles. The van der Waals surface area contributed by atoms with Crippen LogP contribution in [0.2, 0.25) is 0 Å². The molecule has 0 unspecified atom stereocenters. The lowest BCUT2D eigenvalue weighted by atomic mass is 9.88. The highest BCUT2D eigenvalue weighted by Crippen LogP contribution is 2.33. The second kappa shape index (κ2) is 7.58. The molecule has 1 N–H and O–H groups in total. The van der Waals surface area contributed by atoms with Gasteiger partial charge in [0.15, 0.2) is 0 Å². The first-order valence-corrected chi connectivity index (χ1v) is 9.74. The van der Waals surface area contributed by atoms with Crippen LogP contribution in [-0.4, -0.2) is 29.2 Å². The van der Waals surface area contributed by atoms with Crippen LogP contribution >= 0.6 is 0 Å². The SMILES string of the molecule is COc1ccc(-[n+]2[nH]oc(=O)c2CN(C(=O)C2CCCCC2)C2CC2)cc1. The standard InChI is InChI=1S/C20H25N3O4/c1-26-17-11-9-16(10-12-17)23-18(20(25)27-21-23)13-22(15-7-8-15)19(24)14-5-3-2-4-6-14/h9-12,14-15H,2-8,13H2,1H3/p+1. The van der Waals surface area contributed by atoms with Crippen LogP contribution < -0.4 is 15.0 Å². The Morgan fingerprint density at radius 1 is 1.19 bits per heavy atom. The summed E-state index contributed by atoms with van der Waals surface area (Å²) < 4.78 is 11.8. The van der Waals surface area contributed by atoms with Crippen LogP contribution in [0.15, 0.2) is 33.6 Å². The number of ether oxygens (including phenoxy) is 1. The number of benzene rings is 1. The van der Waals surface area contributed by atoms with E-state index >= 15 is 0 Å². The number of nitrogens with one attached hydrogen (secondary N) is 1. The smallest absolute Gasteiger partial charge is 0.432 e. The highest BCUT2D eigenvalue weighted by atomic mass is 16.5. The van der Waals surface area contributed by atoms with Crippen LogP contribution in [0.25, 0.3) is 5.69 Å². The van der Waals surface area contributed by atoms with Crippen LogP contribution in [0.3, 0.4) is 0 Å². The maximum absolute atomic E-state index is 13.1. The zero-order chi connectivity index (χ0) is 18.8. The van der Waals surface area contributed by atoms with Gasteiger partial charge in [0.1, 0.15) is 12.3 Å². The fraction of sp³-hybridized carbons (Fsp3) is 0.550. The summed E-state index contributed by atoms with van der Waals surface area (Å²) in [7, 11) is 1.61. The molecule has 27 heavy (non-hydrogen) atoms. The van der Waals surface area contributed by atoms with E-state index in [1.54, 1.807) is 11.8 Å². The largest absolute Gasteiger partial charge is 0.497 e. The van der Waals surface area contributed by atoms with Gasteiger partial charge in [0.2, 0.25) is 11.6 Å². The van der Waals surface area contributed by atoms with Crippen molar-refractivity contribution in [2.75, 3.05) is 7.11 Å². The molecule has 0 radical (unpaired) electrons. The van der Waals surface area contributed by atoms with Gasteiger partial charge in [0.25, 0.3) is 0 Å². The summed E-state index contributed by atoms with van der Waals surface area (Å²) in [6, 6.07) is 7.58. The normalized spacial score (nSPS) is 17.7. The molecule has 1 heterocycles. The Labute approximate surface area is 157 Å². The van der Waals surface area contributed by atoms with Crippen molar-refractivity contribution >= 4 is 5.91 Å². The fourth-order valence-corrected chi connectivity index (χ4v) is 3.89. The summed E-state index contributed by atoms with van der Waals surface area (Å²) in [5.74, 6) is 1.03. The summed E-state index contributed by atoms with van der Waals surface area (Å²) >= 11 is 0. The van der Waals surface area contributed by atoms with Crippen molar-refractivity contribution < 1.29 is 18.7 Å². The second-order valence-electron chi connectivity index (χ2n) is 7.49. The third-order valence-electron chi connectivity index (χ3n) is 5.61. The van der Waals surface area contributed by atoms with E-state index in [1.807, 2.05) is 29.2 Å². The summed E-state index contributed by atoms with van der Waals surface area (Å²) in [5.41, 5.74) is 0.765. The Bertz CT molecular complexity index is 845. The van der Waals surface area contributed by atoms with Gasteiger partial charge in [-0.15, -0.1) is 0 Å². The number of amides is 1. The van der Waals surface area contributed by atoms with Crippen LogP contribution in [0.4, 0.5) is 0 Å². The first kappa shape index (κ1) is 17.8. The summed E-state index contributed by atoms with van der Waals surface area (Å²) in [5, 5.41) is 2.66. The number of carbonyl (C=O) groups excluding carboxylic acids is 1. The van der Waals surface area contributed by atoms with E-state index < -0.39 is 5.63 Å². The number of carbonyl (C=O) groups is 1. The predicted molar refractivity (Wildman–Crippen MR) is 97.6 cm³/mol. The molecule has 7 heteroatoms. The molecule has 1 aromatic carbocycles. The summed E-state index contributed by atoms with van der Waals surface area (Å²) in [4.78, 5) is 27.3. The number of nitrogens with zero attached hydrogens (tertiary/aromatic N) is 2. The maximum Gasteiger partial charge on any atom is 0.432 e. The van der Waals surface area contributed by atoms with Crippen LogP contribution in [0, 0.1) is 5.92 Å². The third kappa shape index (κ3) is 3.77. The molecule has 2 saturated carbocycles. The fourth-order valence-electron chi connectivity index (χ4n) is 3.89. The molecule has 144 valence electrons. The van der Waals surface area contributed by atoms with E-state index in [4.69, 9.17) is 9.26 Å². The van der Waals surface area contributed by atoms with Crippen molar-refractivity contribution in [3.05, 3.63) is 40.4 Å². The van der Waals surface area contributed by atoms with E-state index in [0.717, 1.165) is 50.0 Å². The van der Waals surface area contributed by atoms with Crippen molar-refractivity contribution in [1.29, 1.82) is 0 Å². The molecular weight excluding hydrogens is 346 g/mol. The van der Waals surface area contributed by atoms with Crippen molar-refractivity contribution in [3.8, 4) is 11.4 Å². The molecule has 1 aromatic heterocycles. The molecule has 0 bridgehead atoms. The zero-order valence-electron chi connectivity index (χ0n) is 15.6. The highest BCUT2D eigenvalue weighted by Gasteiger charge is 2.39. The van der Waals surface area contributed by atoms with E-state index in [1.165, 1.54) is 6.42 Å². The highest BCUT2D eigenvalue weighted by molar-refractivity contribution is 5.79. The third-order valence-corrected chi connectivity index (χ3v) is 5.61.